The van der Waals surface area contributed by atoms with Gasteiger partial charge in [0.2, 0.25) is 11.8 Å². The van der Waals surface area contributed by atoms with Gasteiger partial charge in [0.05, 0.1) is 0 Å². The van der Waals surface area contributed by atoms with E-state index in [4.69, 9.17) is 0 Å². The fourth-order valence-electron chi connectivity index (χ4n) is 2.27. The monoisotopic (exact) mass is 240 g/mol. The van der Waals surface area contributed by atoms with Gasteiger partial charge >= 0.3 is 0 Å². The van der Waals surface area contributed by atoms with Gasteiger partial charge in [-0.25, -0.2) is 0 Å². The van der Waals surface area contributed by atoms with Crippen molar-refractivity contribution in [1.29, 1.82) is 0 Å². The van der Waals surface area contributed by atoms with E-state index in [2.05, 4.69) is 19.2 Å². The van der Waals surface area contributed by atoms with Gasteiger partial charge in [0.1, 0.15) is 6.04 Å². The highest BCUT2D eigenvalue weighted by Crippen LogP contribution is 2.13. The van der Waals surface area contributed by atoms with Gasteiger partial charge in [0, 0.05) is 20.0 Å². The smallest absolute Gasteiger partial charge is 0.245 e. The highest BCUT2D eigenvalue weighted by molar-refractivity contribution is 5.86. The Kier molecular flexibility index (Phi) is 5.45. The van der Waals surface area contributed by atoms with E-state index in [9.17, 15) is 9.59 Å². The van der Waals surface area contributed by atoms with Gasteiger partial charge in [-0.1, -0.05) is 13.8 Å². The molecule has 0 aliphatic carbocycles. The Bertz CT molecular complexity index is 271. The standard InChI is InChI=1S/C13H24N2O2/c1-10(2)9-12(14-11(3)16)13(17)15-7-5-4-6-8-15/h10,12H,4-9H2,1-3H3,(H,14,16)/t12-/m0/s1. The fraction of sp³-hybridized carbons (Fsp3) is 0.846. The van der Waals surface area contributed by atoms with Crippen molar-refractivity contribution in [1.82, 2.24) is 10.2 Å². The summed E-state index contributed by atoms with van der Waals surface area (Å²) in [6, 6.07) is -0.342. The second-order valence-corrected chi connectivity index (χ2v) is 5.27. The van der Waals surface area contributed by atoms with Gasteiger partial charge in [0.15, 0.2) is 0 Å². The number of piperidine rings is 1. The molecule has 4 nitrogen and oxygen atoms in total. The summed E-state index contributed by atoms with van der Waals surface area (Å²) in [7, 11) is 0. The number of likely N-dealkylation sites (tertiary alicyclic amines) is 1. The molecule has 0 unspecified atom stereocenters. The molecule has 1 aliphatic rings. The first-order chi connectivity index (χ1) is 8.00. The van der Waals surface area contributed by atoms with Crippen molar-refractivity contribution in [3.63, 3.8) is 0 Å². The van der Waals surface area contributed by atoms with E-state index in [0.717, 1.165) is 32.4 Å². The number of nitrogens with one attached hydrogen (secondary N) is 1. The first-order valence-corrected chi connectivity index (χ1v) is 6.56. The van der Waals surface area contributed by atoms with Gasteiger partial charge in [-0.15, -0.1) is 0 Å². The van der Waals surface area contributed by atoms with Crippen LogP contribution >= 0.6 is 0 Å². The number of hydrogen-bond acceptors (Lipinski definition) is 2. The Morgan fingerprint density at radius 3 is 2.24 bits per heavy atom. The molecule has 1 aliphatic heterocycles. The van der Waals surface area contributed by atoms with Crippen molar-refractivity contribution in [2.45, 2.75) is 52.5 Å². The zero-order valence-electron chi connectivity index (χ0n) is 11.2. The van der Waals surface area contributed by atoms with Gasteiger partial charge in [-0.2, -0.15) is 0 Å². The van der Waals surface area contributed by atoms with Crippen LogP contribution in [0.25, 0.3) is 0 Å². The van der Waals surface area contributed by atoms with Crippen LogP contribution < -0.4 is 5.32 Å². The van der Waals surface area contributed by atoms with E-state index in [-0.39, 0.29) is 17.9 Å². The summed E-state index contributed by atoms with van der Waals surface area (Å²) in [6.07, 6.45) is 4.09. The fourth-order valence-corrected chi connectivity index (χ4v) is 2.27. The van der Waals surface area contributed by atoms with E-state index in [1.807, 2.05) is 4.90 Å². The van der Waals surface area contributed by atoms with Crippen molar-refractivity contribution in [2.24, 2.45) is 5.92 Å². The molecule has 1 saturated heterocycles. The maximum atomic E-state index is 12.3. The molecule has 4 heteroatoms. The average molecular weight is 240 g/mol. The van der Waals surface area contributed by atoms with Crippen LogP contribution in [0.1, 0.15) is 46.5 Å². The van der Waals surface area contributed by atoms with Crippen molar-refractivity contribution in [3.05, 3.63) is 0 Å². The number of carbonyl (C=O) groups excluding carboxylic acids is 2. The lowest BCUT2D eigenvalue weighted by molar-refractivity contribution is -0.137. The van der Waals surface area contributed by atoms with Crippen molar-refractivity contribution in [2.75, 3.05) is 13.1 Å². The molecule has 1 atom stereocenters. The molecule has 0 radical (unpaired) electrons. The number of rotatable bonds is 4. The molecule has 0 bridgehead atoms. The van der Waals surface area contributed by atoms with E-state index in [0.29, 0.717) is 5.92 Å². The Morgan fingerprint density at radius 1 is 1.18 bits per heavy atom. The van der Waals surface area contributed by atoms with Crippen LogP contribution in [0.5, 0.6) is 0 Å². The van der Waals surface area contributed by atoms with E-state index < -0.39 is 0 Å². The minimum absolute atomic E-state index is 0.0913. The highest BCUT2D eigenvalue weighted by atomic mass is 16.2. The molecule has 1 rings (SSSR count). The number of nitrogens with zero attached hydrogens (tertiary/aromatic N) is 1. The van der Waals surface area contributed by atoms with Crippen LogP contribution in [0.3, 0.4) is 0 Å². The summed E-state index contributed by atoms with van der Waals surface area (Å²) in [6.45, 7) is 7.29. The molecule has 0 aromatic heterocycles. The van der Waals surface area contributed by atoms with E-state index in [1.54, 1.807) is 0 Å². The molecule has 1 fully saturated rings. The minimum Gasteiger partial charge on any atom is -0.345 e. The van der Waals surface area contributed by atoms with Crippen molar-refractivity contribution >= 4 is 11.8 Å². The summed E-state index contributed by atoms with van der Waals surface area (Å²) in [5, 5.41) is 2.78. The summed E-state index contributed by atoms with van der Waals surface area (Å²) in [5.41, 5.74) is 0. The maximum absolute atomic E-state index is 12.3. The summed E-state index contributed by atoms with van der Waals surface area (Å²) < 4.78 is 0. The third-order valence-electron chi connectivity index (χ3n) is 3.05. The molecule has 2 amide bonds. The number of carbonyl (C=O) groups is 2. The van der Waals surface area contributed by atoms with E-state index in [1.165, 1.54) is 13.3 Å². The molecule has 0 spiro atoms. The van der Waals surface area contributed by atoms with Gasteiger partial charge in [0.25, 0.3) is 0 Å². The highest BCUT2D eigenvalue weighted by Gasteiger charge is 2.26. The molecular formula is C13H24N2O2. The van der Waals surface area contributed by atoms with Crippen LogP contribution in [-0.4, -0.2) is 35.8 Å². The first kappa shape index (κ1) is 14.0. The quantitative estimate of drug-likeness (QED) is 0.810. The lowest BCUT2D eigenvalue weighted by atomic mass is 10.0. The Morgan fingerprint density at radius 2 is 1.76 bits per heavy atom. The lowest BCUT2D eigenvalue weighted by Crippen LogP contribution is -2.50. The molecule has 0 aromatic carbocycles. The Hall–Kier alpha value is -1.06. The van der Waals surface area contributed by atoms with Crippen LogP contribution in [0, 0.1) is 5.92 Å². The minimum atomic E-state index is -0.342. The van der Waals surface area contributed by atoms with Crippen molar-refractivity contribution in [3.8, 4) is 0 Å². The average Bonchev–Trinajstić information content (AvgIpc) is 2.27. The number of amides is 2. The van der Waals surface area contributed by atoms with Crippen LogP contribution in [0.4, 0.5) is 0 Å². The second kappa shape index (κ2) is 6.62. The molecule has 17 heavy (non-hydrogen) atoms. The normalized spacial score (nSPS) is 18.0. The second-order valence-electron chi connectivity index (χ2n) is 5.27. The zero-order valence-corrected chi connectivity index (χ0v) is 11.2. The number of hydrogen-bond donors (Lipinski definition) is 1. The summed E-state index contributed by atoms with van der Waals surface area (Å²) in [5.74, 6) is 0.371. The Balaban J connectivity index is 2.60. The zero-order chi connectivity index (χ0) is 12.8. The van der Waals surface area contributed by atoms with Gasteiger partial charge < -0.3 is 10.2 Å². The predicted molar refractivity (Wildman–Crippen MR) is 67.5 cm³/mol. The predicted octanol–water partition coefficient (Wildman–Crippen LogP) is 1.55. The third-order valence-corrected chi connectivity index (χ3v) is 3.05. The first-order valence-electron chi connectivity index (χ1n) is 6.56. The van der Waals surface area contributed by atoms with Crippen molar-refractivity contribution < 1.29 is 9.59 Å². The van der Waals surface area contributed by atoms with E-state index >= 15 is 0 Å². The van der Waals surface area contributed by atoms with Gasteiger partial charge in [-0.05, 0) is 31.6 Å². The molecule has 1 N–H and O–H groups in total. The van der Waals surface area contributed by atoms with Gasteiger partial charge in [-0.3, -0.25) is 9.59 Å². The summed E-state index contributed by atoms with van der Waals surface area (Å²) >= 11 is 0. The maximum Gasteiger partial charge on any atom is 0.245 e. The van der Waals surface area contributed by atoms with Crippen LogP contribution in [0.15, 0.2) is 0 Å². The van der Waals surface area contributed by atoms with Crippen LogP contribution in [0.2, 0.25) is 0 Å². The summed E-state index contributed by atoms with van der Waals surface area (Å²) in [4.78, 5) is 25.3. The SMILES string of the molecule is CC(=O)N[C@@H](CC(C)C)C(=O)N1CCCCC1. The van der Waals surface area contributed by atoms with Crippen LogP contribution in [-0.2, 0) is 9.59 Å². The molecular weight excluding hydrogens is 216 g/mol. The molecule has 0 aromatic rings. The largest absolute Gasteiger partial charge is 0.345 e. The third kappa shape index (κ3) is 4.75. The Labute approximate surface area is 104 Å². The molecule has 0 saturated carbocycles. The topological polar surface area (TPSA) is 49.4 Å². The lowest BCUT2D eigenvalue weighted by Gasteiger charge is -2.31. The molecule has 1 heterocycles. The molecule has 98 valence electrons.